The summed E-state index contributed by atoms with van der Waals surface area (Å²) in [6.45, 7) is 6.47. The number of urea groups is 1. The van der Waals surface area contributed by atoms with Crippen LogP contribution in [0.3, 0.4) is 0 Å². The van der Waals surface area contributed by atoms with Crippen molar-refractivity contribution >= 4 is 6.03 Å². The Labute approximate surface area is 133 Å². The number of aryl methyl sites for hydroxylation is 1. The quantitative estimate of drug-likeness (QED) is 0.878. The van der Waals surface area contributed by atoms with Gasteiger partial charge in [-0.1, -0.05) is 38.1 Å². The van der Waals surface area contributed by atoms with Crippen molar-refractivity contribution < 1.29 is 9.90 Å². The summed E-state index contributed by atoms with van der Waals surface area (Å²) < 4.78 is 0. The number of benzene rings is 1. The number of aliphatic hydroxyl groups excluding tert-OH is 1. The zero-order valence-electron chi connectivity index (χ0n) is 14.1. The normalized spacial score (nSPS) is 18.7. The maximum absolute atomic E-state index is 12.4. The van der Waals surface area contributed by atoms with Crippen LogP contribution in [0.5, 0.6) is 0 Å². The zero-order chi connectivity index (χ0) is 16.3. The molecule has 4 heteroatoms. The maximum Gasteiger partial charge on any atom is 0.317 e. The minimum Gasteiger partial charge on any atom is -0.393 e. The fourth-order valence-electron chi connectivity index (χ4n) is 3.39. The molecule has 0 spiro atoms. The minimum atomic E-state index is -0.355. The van der Waals surface area contributed by atoms with Gasteiger partial charge in [-0.3, -0.25) is 0 Å². The van der Waals surface area contributed by atoms with E-state index in [4.69, 9.17) is 0 Å². The lowest BCUT2D eigenvalue weighted by Crippen LogP contribution is -2.43. The van der Waals surface area contributed by atoms with Gasteiger partial charge in [-0.15, -0.1) is 0 Å². The van der Waals surface area contributed by atoms with Gasteiger partial charge in [0, 0.05) is 13.6 Å². The van der Waals surface area contributed by atoms with Crippen molar-refractivity contribution in [2.45, 2.75) is 52.2 Å². The van der Waals surface area contributed by atoms with E-state index in [2.05, 4.69) is 37.4 Å². The molecule has 0 heterocycles. The van der Waals surface area contributed by atoms with Crippen LogP contribution in [0.4, 0.5) is 4.79 Å². The molecule has 0 saturated carbocycles. The summed E-state index contributed by atoms with van der Waals surface area (Å²) in [6.07, 6.45) is 2.33. The van der Waals surface area contributed by atoms with Crippen molar-refractivity contribution in [3.8, 4) is 0 Å². The number of fused-ring (bicyclic) bond motifs is 1. The Balaban J connectivity index is 1.94. The molecule has 1 aromatic carbocycles. The third kappa shape index (κ3) is 4.01. The van der Waals surface area contributed by atoms with Crippen LogP contribution in [0.2, 0.25) is 0 Å². The lowest BCUT2D eigenvalue weighted by Gasteiger charge is -2.30. The monoisotopic (exact) mass is 304 g/mol. The second-order valence-electron chi connectivity index (χ2n) is 7.24. The number of carbonyl (C=O) groups excluding carboxylic acids is 1. The first-order chi connectivity index (χ1) is 10.3. The van der Waals surface area contributed by atoms with Crippen LogP contribution in [0, 0.1) is 5.41 Å². The highest BCUT2D eigenvalue weighted by atomic mass is 16.3. The molecular formula is C18H28N2O2. The molecule has 2 N–H and O–H groups in total. The van der Waals surface area contributed by atoms with Gasteiger partial charge < -0.3 is 15.3 Å². The first-order valence-corrected chi connectivity index (χ1v) is 8.07. The fourth-order valence-corrected chi connectivity index (χ4v) is 3.39. The third-order valence-corrected chi connectivity index (χ3v) is 4.46. The minimum absolute atomic E-state index is 0.0413. The highest BCUT2D eigenvalue weighted by Crippen LogP contribution is 2.34. The van der Waals surface area contributed by atoms with Crippen LogP contribution in [-0.4, -0.2) is 35.7 Å². The number of rotatable bonds is 5. The second kappa shape index (κ2) is 6.69. The second-order valence-corrected chi connectivity index (χ2v) is 7.24. The Morgan fingerprint density at radius 1 is 1.45 bits per heavy atom. The van der Waals surface area contributed by atoms with Crippen molar-refractivity contribution in [3.05, 3.63) is 35.4 Å². The van der Waals surface area contributed by atoms with E-state index in [1.165, 1.54) is 11.1 Å². The fraction of sp³-hybridized carbons (Fsp3) is 0.611. The highest BCUT2D eigenvalue weighted by molar-refractivity contribution is 5.74. The number of carbonyl (C=O) groups is 1. The van der Waals surface area contributed by atoms with Crippen LogP contribution in [-0.2, 0) is 6.42 Å². The molecule has 4 nitrogen and oxygen atoms in total. The van der Waals surface area contributed by atoms with Crippen molar-refractivity contribution in [2.24, 2.45) is 5.41 Å². The Bertz CT molecular complexity index is 526. The smallest absolute Gasteiger partial charge is 0.317 e. The molecule has 122 valence electrons. The number of hydrogen-bond acceptors (Lipinski definition) is 2. The van der Waals surface area contributed by atoms with Gasteiger partial charge in [-0.25, -0.2) is 4.79 Å². The van der Waals surface area contributed by atoms with E-state index in [9.17, 15) is 9.90 Å². The number of aliphatic hydroxyl groups is 1. The van der Waals surface area contributed by atoms with Gasteiger partial charge in [-0.05, 0) is 42.7 Å². The molecule has 2 amide bonds. The van der Waals surface area contributed by atoms with Gasteiger partial charge in [0.2, 0.25) is 0 Å². The third-order valence-electron chi connectivity index (χ3n) is 4.46. The SMILES string of the molecule is CC(O)CC(C)(C)CNC(=O)N(C)C1CCc2ccccc21. The molecular weight excluding hydrogens is 276 g/mol. The van der Waals surface area contributed by atoms with E-state index in [1.807, 2.05) is 18.0 Å². The van der Waals surface area contributed by atoms with Gasteiger partial charge >= 0.3 is 6.03 Å². The summed E-state index contributed by atoms with van der Waals surface area (Å²) >= 11 is 0. The van der Waals surface area contributed by atoms with Crippen LogP contribution in [0.1, 0.15) is 50.8 Å². The number of hydrogen-bond donors (Lipinski definition) is 2. The predicted octanol–water partition coefficient (Wildman–Crippen LogP) is 3.11. The topological polar surface area (TPSA) is 52.6 Å². The lowest BCUT2D eigenvalue weighted by molar-refractivity contribution is 0.126. The molecule has 2 unspecified atom stereocenters. The number of nitrogens with zero attached hydrogens (tertiary/aromatic N) is 1. The van der Waals surface area contributed by atoms with Crippen LogP contribution in [0.15, 0.2) is 24.3 Å². The molecule has 22 heavy (non-hydrogen) atoms. The Kier molecular flexibility index (Phi) is 5.12. The zero-order valence-corrected chi connectivity index (χ0v) is 14.1. The van der Waals surface area contributed by atoms with E-state index in [1.54, 1.807) is 6.92 Å². The number of nitrogens with one attached hydrogen (secondary N) is 1. The molecule has 0 saturated heterocycles. The molecule has 0 aromatic heterocycles. The highest BCUT2D eigenvalue weighted by Gasteiger charge is 2.29. The Hall–Kier alpha value is -1.55. The number of amides is 2. The van der Waals surface area contributed by atoms with Crippen molar-refractivity contribution in [1.82, 2.24) is 10.2 Å². The van der Waals surface area contributed by atoms with E-state index in [-0.39, 0.29) is 23.6 Å². The Morgan fingerprint density at radius 2 is 2.14 bits per heavy atom. The standard InChI is InChI=1S/C18H28N2O2/c1-13(21)11-18(2,3)12-19-17(22)20(4)16-10-9-14-7-5-6-8-15(14)16/h5-8,13,16,21H,9-12H2,1-4H3,(H,19,22). The maximum atomic E-state index is 12.4. The summed E-state index contributed by atoms with van der Waals surface area (Å²) in [7, 11) is 1.86. The summed E-state index contributed by atoms with van der Waals surface area (Å²) in [5.74, 6) is 0. The van der Waals surface area contributed by atoms with Gasteiger partial charge in [-0.2, -0.15) is 0 Å². The van der Waals surface area contributed by atoms with Gasteiger partial charge in [0.05, 0.1) is 12.1 Å². The van der Waals surface area contributed by atoms with Crippen molar-refractivity contribution in [3.63, 3.8) is 0 Å². The van der Waals surface area contributed by atoms with Gasteiger partial charge in [0.15, 0.2) is 0 Å². The van der Waals surface area contributed by atoms with Crippen LogP contribution >= 0.6 is 0 Å². The van der Waals surface area contributed by atoms with Crippen LogP contribution in [0.25, 0.3) is 0 Å². The van der Waals surface area contributed by atoms with E-state index >= 15 is 0 Å². The van der Waals surface area contributed by atoms with Gasteiger partial charge in [0.1, 0.15) is 0 Å². The molecule has 2 atom stereocenters. The molecule has 0 fully saturated rings. The summed E-state index contributed by atoms with van der Waals surface area (Å²) in [5, 5.41) is 12.5. The summed E-state index contributed by atoms with van der Waals surface area (Å²) in [4.78, 5) is 14.2. The molecule has 1 aliphatic carbocycles. The molecule has 2 rings (SSSR count). The summed E-state index contributed by atoms with van der Waals surface area (Å²) in [5.41, 5.74) is 2.50. The molecule has 0 bridgehead atoms. The first-order valence-electron chi connectivity index (χ1n) is 8.07. The predicted molar refractivity (Wildman–Crippen MR) is 88.7 cm³/mol. The first kappa shape index (κ1) is 16.8. The van der Waals surface area contributed by atoms with E-state index < -0.39 is 0 Å². The molecule has 1 aromatic rings. The summed E-state index contributed by atoms with van der Waals surface area (Å²) in [6, 6.07) is 8.48. The van der Waals surface area contributed by atoms with Crippen LogP contribution < -0.4 is 5.32 Å². The lowest BCUT2D eigenvalue weighted by atomic mass is 9.87. The molecule has 0 radical (unpaired) electrons. The van der Waals surface area contributed by atoms with E-state index in [0.717, 1.165) is 12.8 Å². The van der Waals surface area contributed by atoms with E-state index in [0.29, 0.717) is 13.0 Å². The molecule has 0 aliphatic heterocycles. The molecule has 1 aliphatic rings. The largest absolute Gasteiger partial charge is 0.393 e. The van der Waals surface area contributed by atoms with Gasteiger partial charge in [0.25, 0.3) is 0 Å². The average molecular weight is 304 g/mol. The van der Waals surface area contributed by atoms with Crippen molar-refractivity contribution in [2.75, 3.05) is 13.6 Å². The van der Waals surface area contributed by atoms with Crippen molar-refractivity contribution in [1.29, 1.82) is 0 Å². The average Bonchev–Trinajstić information content (AvgIpc) is 2.86. The Morgan fingerprint density at radius 3 is 2.82 bits per heavy atom.